The van der Waals surface area contributed by atoms with Crippen LogP contribution in [0.2, 0.25) is 0 Å². The summed E-state index contributed by atoms with van der Waals surface area (Å²) in [5.41, 5.74) is 3.38. The molecule has 0 aromatic heterocycles. The van der Waals surface area contributed by atoms with Gasteiger partial charge in [-0.15, -0.1) is 23.2 Å². The number of hydrogen-bond donors (Lipinski definition) is 1. The number of anilines is 1. The maximum atomic E-state index is 13.8. The van der Waals surface area contributed by atoms with E-state index in [1.54, 1.807) is 24.3 Å². The lowest BCUT2D eigenvalue weighted by Crippen LogP contribution is -2.57. The number of halogens is 2. The highest BCUT2D eigenvalue weighted by atomic mass is 35.5. The Morgan fingerprint density at radius 1 is 0.857 bits per heavy atom. The van der Waals surface area contributed by atoms with Crippen molar-refractivity contribution in [2.24, 2.45) is 11.8 Å². The average Bonchev–Trinajstić information content (AvgIpc) is 3.13. The van der Waals surface area contributed by atoms with Crippen LogP contribution >= 0.6 is 23.2 Å². The third-order valence-electron chi connectivity index (χ3n) is 7.33. The summed E-state index contributed by atoms with van der Waals surface area (Å²) < 4.78 is 5.18. The maximum Gasteiger partial charge on any atom is 0.244 e. The maximum absolute atomic E-state index is 13.8. The van der Waals surface area contributed by atoms with E-state index in [9.17, 15) is 14.4 Å². The molecular weight excluding hydrogens is 487 g/mol. The fourth-order valence-corrected chi connectivity index (χ4v) is 7.02. The van der Waals surface area contributed by atoms with E-state index in [-0.39, 0.29) is 0 Å². The summed E-state index contributed by atoms with van der Waals surface area (Å²) in [6, 6.07) is 21.7. The van der Waals surface area contributed by atoms with Crippen LogP contribution in [0.15, 0.2) is 72.8 Å². The van der Waals surface area contributed by atoms with Gasteiger partial charge in [-0.2, -0.15) is 0 Å². The van der Waals surface area contributed by atoms with Crippen molar-refractivity contribution in [1.29, 1.82) is 0 Å². The number of likely N-dealkylation sites (tertiary alicyclic amines) is 1. The highest BCUT2D eigenvalue weighted by molar-refractivity contribution is 6.36. The first-order chi connectivity index (χ1) is 16.8. The van der Waals surface area contributed by atoms with E-state index in [4.69, 9.17) is 27.9 Å². The summed E-state index contributed by atoms with van der Waals surface area (Å²) in [6.07, 6.45) is 0. The SMILES string of the molecule is COc1cccc(NC(=O)CN2C(=O)[C@@H]3[C@H](C2=O)C2(Cl)c4ccccc4C3(Cl)c3ccccc32)c1. The van der Waals surface area contributed by atoms with Gasteiger partial charge in [0, 0.05) is 11.8 Å². The van der Waals surface area contributed by atoms with Crippen molar-refractivity contribution >= 4 is 46.6 Å². The van der Waals surface area contributed by atoms with Crippen molar-refractivity contribution in [1.82, 2.24) is 4.90 Å². The molecule has 4 aliphatic rings. The molecule has 1 fully saturated rings. The van der Waals surface area contributed by atoms with Crippen molar-refractivity contribution in [3.63, 3.8) is 0 Å². The second-order valence-electron chi connectivity index (χ2n) is 9.01. The van der Waals surface area contributed by atoms with Gasteiger partial charge in [-0.1, -0.05) is 54.6 Å². The van der Waals surface area contributed by atoms with Crippen molar-refractivity contribution in [2.75, 3.05) is 19.0 Å². The number of rotatable bonds is 4. The fourth-order valence-electron chi connectivity index (χ4n) is 5.93. The number of benzene rings is 3. The van der Waals surface area contributed by atoms with Crippen molar-refractivity contribution in [3.05, 3.63) is 95.1 Å². The Kier molecular flexibility index (Phi) is 4.79. The number of nitrogens with zero attached hydrogens (tertiary/aromatic N) is 1. The summed E-state index contributed by atoms with van der Waals surface area (Å²) in [7, 11) is 1.53. The minimum atomic E-state index is -1.26. The van der Waals surface area contributed by atoms with E-state index in [2.05, 4.69) is 5.32 Å². The van der Waals surface area contributed by atoms with Gasteiger partial charge in [-0.05, 0) is 34.4 Å². The summed E-state index contributed by atoms with van der Waals surface area (Å²) in [4.78, 5) is 38.9. The number of hydrogen-bond acceptors (Lipinski definition) is 4. The quantitative estimate of drug-likeness (QED) is 0.424. The molecule has 3 aromatic rings. The molecule has 8 heteroatoms. The van der Waals surface area contributed by atoms with Crippen LogP contribution in [0.25, 0.3) is 0 Å². The summed E-state index contributed by atoms with van der Waals surface area (Å²) in [5, 5.41) is 2.73. The lowest BCUT2D eigenvalue weighted by Gasteiger charge is -2.54. The lowest BCUT2D eigenvalue weighted by atomic mass is 9.54. The highest BCUT2D eigenvalue weighted by Crippen LogP contribution is 2.69. The van der Waals surface area contributed by atoms with Crippen LogP contribution in [-0.2, 0) is 24.1 Å². The molecule has 6 nitrogen and oxygen atoms in total. The van der Waals surface area contributed by atoms with Gasteiger partial charge in [-0.25, -0.2) is 0 Å². The first-order valence-electron chi connectivity index (χ1n) is 11.2. The summed E-state index contributed by atoms with van der Waals surface area (Å²) >= 11 is 14.7. The molecule has 1 N–H and O–H groups in total. The number of methoxy groups -OCH3 is 1. The molecule has 1 heterocycles. The molecule has 3 aromatic carbocycles. The fraction of sp³-hybridized carbons (Fsp3) is 0.222. The van der Waals surface area contributed by atoms with Gasteiger partial charge >= 0.3 is 0 Å². The van der Waals surface area contributed by atoms with Crippen molar-refractivity contribution in [3.8, 4) is 5.75 Å². The monoisotopic (exact) mass is 506 g/mol. The van der Waals surface area contributed by atoms with Gasteiger partial charge in [0.2, 0.25) is 17.7 Å². The normalized spacial score (nSPS) is 27.8. The highest BCUT2D eigenvalue weighted by Gasteiger charge is 2.73. The lowest BCUT2D eigenvalue weighted by molar-refractivity contribution is -0.142. The van der Waals surface area contributed by atoms with Crippen molar-refractivity contribution in [2.45, 2.75) is 9.75 Å². The van der Waals surface area contributed by atoms with E-state index in [0.29, 0.717) is 11.4 Å². The standard InChI is InChI=1S/C27H20Cl2N2O4/c1-35-16-8-6-7-15(13-16)30-21(32)14-31-24(33)22-23(25(31)34)27(29)18-10-3-2-9-17(18)26(22,28)19-11-4-5-12-20(19)27/h2-13,22-23H,14H2,1H3,(H,30,32)/t22-,23+,26?,27?. The molecule has 1 aliphatic heterocycles. The Labute approximate surface area is 211 Å². The Hall–Kier alpha value is -3.35. The molecule has 0 saturated carbocycles. The summed E-state index contributed by atoms with van der Waals surface area (Å²) in [5.74, 6) is -2.78. The third-order valence-corrected chi connectivity index (χ3v) is 8.62. The Bertz CT molecular complexity index is 1300. The molecule has 0 spiro atoms. The predicted molar refractivity (Wildman–Crippen MR) is 131 cm³/mol. The van der Waals surface area contributed by atoms with Crippen LogP contribution in [0, 0.1) is 11.8 Å². The van der Waals surface area contributed by atoms with Crippen LogP contribution in [0.1, 0.15) is 22.3 Å². The van der Waals surface area contributed by atoms with Gasteiger partial charge in [-0.3, -0.25) is 19.3 Å². The van der Waals surface area contributed by atoms with Gasteiger partial charge < -0.3 is 10.1 Å². The molecular formula is C27H20Cl2N2O4. The number of carbonyl (C=O) groups excluding carboxylic acids is 3. The molecule has 0 unspecified atom stereocenters. The predicted octanol–water partition coefficient (Wildman–Crippen LogP) is 4.23. The number of ether oxygens (including phenoxy) is 1. The molecule has 176 valence electrons. The zero-order valence-electron chi connectivity index (χ0n) is 18.6. The van der Waals surface area contributed by atoms with E-state index < -0.39 is 45.9 Å². The molecule has 3 amide bonds. The Morgan fingerprint density at radius 3 is 1.80 bits per heavy atom. The second kappa shape index (κ2) is 7.57. The zero-order valence-corrected chi connectivity index (χ0v) is 20.1. The van der Waals surface area contributed by atoms with E-state index >= 15 is 0 Å². The Balaban J connectivity index is 1.40. The molecule has 1 saturated heterocycles. The van der Waals surface area contributed by atoms with Crippen LogP contribution in [0.3, 0.4) is 0 Å². The van der Waals surface area contributed by atoms with Crippen molar-refractivity contribution < 1.29 is 19.1 Å². The van der Waals surface area contributed by atoms with E-state index in [1.165, 1.54) is 7.11 Å². The number of imide groups is 1. The van der Waals surface area contributed by atoms with Crippen LogP contribution in [0.4, 0.5) is 5.69 Å². The van der Waals surface area contributed by atoms with Gasteiger partial charge in [0.25, 0.3) is 0 Å². The van der Waals surface area contributed by atoms with Gasteiger partial charge in [0.05, 0.1) is 18.9 Å². The molecule has 2 bridgehead atoms. The first kappa shape index (κ1) is 22.1. The average molecular weight is 507 g/mol. The third kappa shape index (κ3) is 2.81. The topological polar surface area (TPSA) is 75.7 Å². The molecule has 3 aliphatic carbocycles. The van der Waals surface area contributed by atoms with Gasteiger partial charge in [0.1, 0.15) is 22.0 Å². The van der Waals surface area contributed by atoms with Crippen LogP contribution < -0.4 is 10.1 Å². The largest absolute Gasteiger partial charge is 0.497 e. The number of carbonyl (C=O) groups is 3. The number of nitrogens with one attached hydrogen (secondary N) is 1. The minimum Gasteiger partial charge on any atom is -0.497 e. The van der Waals surface area contributed by atoms with E-state index in [1.807, 2.05) is 48.5 Å². The van der Waals surface area contributed by atoms with Crippen LogP contribution in [0.5, 0.6) is 5.75 Å². The minimum absolute atomic E-state index is 0.436. The first-order valence-corrected chi connectivity index (χ1v) is 11.9. The second-order valence-corrected chi connectivity index (χ2v) is 10.2. The number of alkyl halides is 2. The summed E-state index contributed by atoms with van der Waals surface area (Å²) in [6.45, 7) is -0.436. The Morgan fingerprint density at radius 2 is 1.34 bits per heavy atom. The van der Waals surface area contributed by atoms with Gasteiger partial charge in [0.15, 0.2) is 0 Å². The van der Waals surface area contributed by atoms with E-state index in [0.717, 1.165) is 27.2 Å². The number of amides is 3. The molecule has 0 radical (unpaired) electrons. The molecule has 7 rings (SSSR count). The molecule has 35 heavy (non-hydrogen) atoms. The zero-order chi connectivity index (χ0) is 24.5. The van der Waals surface area contributed by atoms with Crippen LogP contribution in [-0.4, -0.2) is 36.3 Å². The molecule has 2 atom stereocenters. The smallest absolute Gasteiger partial charge is 0.244 e.